The lowest BCUT2D eigenvalue weighted by Gasteiger charge is -2.22. The first kappa shape index (κ1) is 18.0. The van der Waals surface area contributed by atoms with E-state index in [-0.39, 0.29) is 23.9 Å². The minimum absolute atomic E-state index is 0.0988. The first-order valence-electron chi connectivity index (χ1n) is 9.32. The Morgan fingerprint density at radius 1 is 1.11 bits per heavy atom. The van der Waals surface area contributed by atoms with E-state index in [0.29, 0.717) is 18.5 Å². The van der Waals surface area contributed by atoms with Crippen LogP contribution in [-0.4, -0.2) is 27.6 Å². The van der Waals surface area contributed by atoms with Crippen LogP contribution in [0.3, 0.4) is 0 Å². The minimum atomic E-state index is -0.248. The molecular weight excluding hydrogens is 352 g/mol. The fraction of sp³-hybridized carbons (Fsp3) is 0.227. The smallest absolute Gasteiger partial charge is 0.251 e. The van der Waals surface area contributed by atoms with Crippen molar-refractivity contribution in [2.45, 2.75) is 32.0 Å². The van der Waals surface area contributed by atoms with Crippen LogP contribution in [0.4, 0.5) is 0 Å². The van der Waals surface area contributed by atoms with E-state index in [2.05, 4.69) is 15.7 Å². The van der Waals surface area contributed by atoms with Gasteiger partial charge in [0.1, 0.15) is 0 Å². The van der Waals surface area contributed by atoms with Gasteiger partial charge < -0.3 is 10.6 Å². The Morgan fingerprint density at radius 3 is 2.75 bits per heavy atom. The molecule has 2 amide bonds. The molecule has 1 aliphatic carbocycles. The Labute approximate surface area is 163 Å². The zero-order chi connectivity index (χ0) is 19.5. The van der Waals surface area contributed by atoms with Gasteiger partial charge in [0.15, 0.2) is 0 Å². The van der Waals surface area contributed by atoms with Crippen LogP contribution in [0.15, 0.2) is 67.0 Å². The van der Waals surface area contributed by atoms with E-state index in [0.717, 1.165) is 16.7 Å². The van der Waals surface area contributed by atoms with Gasteiger partial charge in [-0.25, -0.2) is 0 Å². The second-order valence-electron chi connectivity index (χ2n) is 7.07. The number of hydrogen-bond acceptors (Lipinski definition) is 3. The molecule has 6 nitrogen and oxygen atoms in total. The van der Waals surface area contributed by atoms with E-state index < -0.39 is 0 Å². The highest BCUT2D eigenvalue weighted by Gasteiger charge is 2.34. The fourth-order valence-corrected chi connectivity index (χ4v) is 3.79. The third-order valence-electron chi connectivity index (χ3n) is 5.00. The second-order valence-corrected chi connectivity index (χ2v) is 7.07. The maximum Gasteiger partial charge on any atom is 0.251 e. The van der Waals surface area contributed by atoms with E-state index in [1.54, 1.807) is 12.3 Å². The summed E-state index contributed by atoms with van der Waals surface area (Å²) in [7, 11) is 0. The van der Waals surface area contributed by atoms with E-state index in [9.17, 15) is 9.59 Å². The molecule has 0 fully saturated rings. The molecule has 0 aliphatic heterocycles. The van der Waals surface area contributed by atoms with Crippen molar-refractivity contribution in [2.75, 3.05) is 0 Å². The average Bonchev–Trinajstić information content (AvgIpc) is 3.30. The molecule has 2 aromatic carbocycles. The number of nitrogens with zero attached hydrogens (tertiary/aromatic N) is 2. The van der Waals surface area contributed by atoms with Gasteiger partial charge in [-0.05, 0) is 41.3 Å². The lowest BCUT2D eigenvalue weighted by molar-refractivity contribution is -0.119. The van der Waals surface area contributed by atoms with Crippen molar-refractivity contribution < 1.29 is 9.59 Å². The number of nitrogens with one attached hydrogen (secondary N) is 2. The monoisotopic (exact) mass is 374 g/mol. The number of carbonyl (C=O) groups is 2. The van der Waals surface area contributed by atoms with Crippen molar-refractivity contribution in [3.8, 4) is 0 Å². The Balaban J connectivity index is 1.54. The molecular formula is C22H22N4O2. The molecule has 0 radical (unpaired) electrons. The number of aromatic nitrogens is 2. The number of amides is 2. The Morgan fingerprint density at radius 2 is 1.96 bits per heavy atom. The third-order valence-corrected chi connectivity index (χ3v) is 5.00. The Kier molecular flexibility index (Phi) is 4.93. The van der Waals surface area contributed by atoms with Crippen LogP contribution in [0.25, 0.3) is 0 Å². The van der Waals surface area contributed by atoms with Crippen LogP contribution in [0.5, 0.6) is 0 Å². The summed E-state index contributed by atoms with van der Waals surface area (Å²) in [6, 6.07) is 17.0. The van der Waals surface area contributed by atoms with E-state index in [1.807, 2.05) is 59.4 Å². The quantitative estimate of drug-likeness (QED) is 0.720. The van der Waals surface area contributed by atoms with Gasteiger partial charge in [0.2, 0.25) is 5.91 Å². The van der Waals surface area contributed by atoms with Crippen molar-refractivity contribution in [1.82, 2.24) is 20.4 Å². The van der Waals surface area contributed by atoms with E-state index >= 15 is 0 Å². The summed E-state index contributed by atoms with van der Waals surface area (Å²) in [5.74, 6) is -0.252. The molecule has 0 saturated carbocycles. The molecule has 1 heterocycles. The maximum atomic E-state index is 13.0. The molecule has 0 spiro atoms. The van der Waals surface area contributed by atoms with Gasteiger partial charge in [0.05, 0.1) is 18.6 Å². The Hall–Kier alpha value is -3.41. The predicted octanol–water partition coefficient (Wildman–Crippen LogP) is 2.46. The summed E-state index contributed by atoms with van der Waals surface area (Å²) < 4.78 is 1.82. The van der Waals surface area contributed by atoms with Crippen LogP contribution in [0.1, 0.15) is 40.0 Å². The molecule has 1 aliphatic rings. The summed E-state index contributed by atoms with van der Waals surface area (Å²) in [5, 5.41) is 10.3. The van der Waals surface area contributed by atoms with Gasteiger partial charge in [-0.15, -0.1) is 0 Å². The molecule has 0 saturated heterocycles. The van der Waals surface area contributed by atoms with Crippen LogP contribution < -0.4 is 10.6 Å². The van der Waals surface area contributed by atoms with E-state index in [1.165, 1.54) is 6.92 Å². The van der Waals surface area contributed by atoms with Gasteiger partial charge in [-0.2, -0.15) is 5.10 Å². The number of fused-ring (bicyclic) bond motifs is 1. The van der Waals surface area contributed by atoms with Gasteiger partial charge in [-0.3, -0.25) is 14.3 Å². The number of benzene rings is 2. The van der Waals surface area contributed by atoms with E-state index in [4.69, 9.17) is 0 Å². The van der Waals surface area contributed by atoms with Crippen molar-refractivity contribution in [1.29, 1.82) is 0 Å². The lowest BCUT2D eigenvalue weighted by atomic mass is 10.1. The molecule has 2 atom stereocenters. The van der Waals surface area contributed by atoms with Crippen molar-refractivity contribution in [3.05, 3.63) is 89.2 Å². The molecule has 142 valence electrons. The second kappa shape index (κ2) is 7.68. The molecule has 0 bridgehead atoms. The fourth-order valence-electron chi connectivity index (χ4n) is 3.79. The summed E-state index contributed by atoms with van der Waals surface area (Å²) in [4.78, 5) is 24.6. The first-order chi connectivity index (χ1) is 13.6. The highest BCUT2D eigenvalue weighted by atomic mass is 16.2. The first-order valence-corrected chi connectivity index (χ1v) is 9.32. The molecule has 28 heavy (non-hydrogen) atoms. The van der Waals surface area contributed by atoms with Crippen LogP contribution in [-0.2, 0) is 17.8 Å². The molecule has 4 rings (SSSR count). The van der Waals surface area contributed by atoms with Crippen molar-refractivity contribution in [3.63, 3.8) is 0 Å². The lowest BCUT2D eigenvalue weighted by Crippen LogP contribution is -2.43. The SMILES string of the molecule is CC(=O)NC1Cc2ccccc2C1NC(=O)c1cccc(Cn2cccn2)c1. The molecule has 2 unspecified atom stereocenters. The molecule has 6 heteroatoms. The average molecular weight is 374 g/mol. The van der Waals surface area contributed by atoms with Crippen molar-refractivity contribution in [2.24, 2.45) is 0 Å². The van der Waals surface area contributed by atoms with Gasteiger partial charge in [0, 0.05) is 24.9 Å². The highest BCUT2D eigenvalue weighted by Crippen LogP contribution is 2.31. The zero-order valence-electron chi connectivity index (χ0n) is 15.6. The van der Waals surface area contributed by atoms with Crippen LogP contribution >= 0.6 is 0 Å². The largest absolute Gasteiger partial charge is 0.351 e. The number of carbonyl (C=O) groups excluding carboxylic acids is 2. The topological polar surface area (TPSA) is 76.0 Å². The zero-order valence-corrected chi connectivity index (χ0v) is 15.6. The van der Waals surface area contributed by atoms with Crippen molar-refractivity contribution >= 4 is 11.8 Å². The van der Waals surface area contributed by atoms with Crippen LogP contribution in [0, 0.1) is 0 Å². The maximum absolute atomic E-state index is 13.0. The van der Waals surface area contributed by atoms with Gasteiger partial charge in [-0.1, -0.05) is 36.4 Å². The standard InChI is InChI=1S/C22H22N4O2/c1-15(27)24-20-13-17-7-2-3-9-19(17)21(20)25-22(28)18-8-4-6-16(12-18)14-26-11-5-10-23-26/h2-12,20-21H,13-14H2,1H3,(H,24,27)(H,25,28). The Bertz CT molecular complexity index is 997. The molecule has 3 aromatic rings. The normalized spacial score (nSPS) is 17.8. The molecule has 2 N–H and O–H groups in total. The summed E-state index contributed by atoms with van der Waals surface area (Å²) in [5.41, 5.74) is 3.80. The number of rotatable bonds is 5. The number of hydrogen-bond donors (Lipinski definition) is 2. The minimum Gasteiger partial charge on any atom is -0.351 e. The third kappa shape index (κ3) is 3.81. The molecule has 1 aromatic heterocycles. The van der Waals surface area contributed by atoms with Crippen LogP contribution in [0.2, 0.25) is 0 Å². The summed E-state index contributed by atoms with van der Waals surface area (Å²) in [6.07, 6.45) is 4.33. The van der Waals surface area contributed by atoms with Gasteiger partial charge >= 0.3 is 0 Å². The summed E-state index contributed by atoms with van der Waals surface area (Å²) in [6.45, 7) is 2.11. The summed E-state index contributed by atoms with van der Waals surface area (Å²) >= 11 is 0. The predicted molar refractivity (Wildman–Crippen MR) is 106 cm³/mol. The van der Waals surface area contributed by atoms with Gasteiger partial charge in [0.25, 0.3) is 5.91 Å². The highest BCUT2D eigenvalue weighted by molar-refractivity contribution is 5.94.